The average molecular weight is 185 g/mol. The molecule has 0 aromatic heterocycles. The SMILES string of the molecule is C=CCC(=O)NCC(CC)C(=O)O. The molecule has 1 unspecified atom stereocenters. The molecule has 0 saturated carbocycles. The third-order valence-electron chi connectivity index (χ3n) is 1.72. The molecule has 1 amide bonds. The number of aliphatic carboxylic acids is 1. The van der Waals surface area contributed by atoms with Gasteiger partial charge in [-0.05, 0) is 6.42 Å². The molecule has 0 saturated heterocycles. The van der Waals surface area contributed by atoms with Crippen LogP contribution in [0.2, 0.25) is 0 Å². The Bertz CT molecular complexity index is 201. The topological polar surface area (TPSA) is 66.4 Å². The second kappa shape index (κ2) is 6.22. The number of rotatable bonds is 6. The van der Waals surface area contributed by atoms with E-state index >= 15 is 0 Å². The van der Waals surface area contributed by atoms with Crippen LogP contribution in [0.4, 0.5) is 0 Å². The summed E-state index contributed by atoms with van der Waals surface area (Å²) in [5, 5.41) is 11.2. The average Bonchev–Trinajstić information content (AvgIpc) is 2.05. The van der Waals surface area contributed by atoms with Crippen LogP contribution in [0.1, 0.15) is 19.8 Å². The Morgan fingerprint density at radius 2 is 2.23 bits per heavy atom. The summed E-state index contributed by atoms with van der Waals surface area (Å²) in [6, 6.07) is 0. The van der Waals surface area contributed by atoms with E-state index in [1.54, 1.807) is 6.92 Å². The van der Waals surface area contributed by atoms with Gasteiger partial charge in [-0.3, -0.25) is 9.59 Å². The molecule has 0 aromatic carbocycles. The molecule has 0 aliphatic carbocycles. The van der Waals surface area contributed by atoms with E-state index in [1.807, 2.05) is 0 Å². The first kappa shape index (κ1) is 11.7. The lowest BCUT2D eigenvalue weighted by molar-refractivity contribution is -0.141. The zero-order valence-electron chi connectivity index (χ0n) is 7.75. The number of carbonyl (C=O) groups excluding carboxylic acids is 1. The predicted octanol–water partition coefficient (Wildman–Crippen LogP) is 0.790. The molecule has 2 N–H and O–H groups in total. The number of amides is 1. The lowest BCUT2D eigenvalue weighted by Gasteiger charge is -2.09. The van der Waals surface area contributed by atoms with E-state index in [0.717, 1.165) is 0 Å². The predicted molar refractivity (Wildman–Crippen MR) is 49.2 cm³/mol. The highest BCUT2D eigenvalue weighted by Gasteiger charge is 2.14. The van der Waals surface area contributed by atoms with Crippen LogP contribution < -0.4 is 5.32 Å². The summed E-state index contributed by atoms with van der Waals surface area (Å²) in [6.07, 6.45) is 2.23. The maximum atomic E-state index is 10.9. The summed E-state index contributed by atoms with van der Waals surface area (Å²) >= 11 is 0. The molecule has 0 rings (SSSR count). The van der Waals surface area contributed by atoms with Gasteiger partial charge in [0.1, 0.15) is 0 Å². The molecule has 0 radical (unpaired) electrons. The lowest BCUT2D eigenvalue weighted by Crippen LogP contribution is -2.32. The normalized spacial score (nSPS) is 11.8. The van der Waals surface area contributed by atoms with Crippen LogP contribution in [0.5, 0.6) is 0 Å². The van der Waals surface area contributed by atoms with Gasteiger partial charge in [-0.2, -0.15) is 0 Å². The molecule has 4 heteroatoms. The third-order valence-corrected chi connectivity index (χ3v) is 1.72. The van der Waals surface area contributed by atoms with Gasteiger partial charge in [0.25, 0.3) is 0 Å². The fourth-order valence-corrected chi connectivity index (χ4v) is 0.847. The molecule has 0 aliphatic heterocycles. The summed E-state index contributed by atoms with van der Waals surface area (Å²) in [4.78, 5) is 21.4. The van der Waals surface area contributed by atoms with E-state index in [-0.39, 0.29) is 18.9 Å². The van der Waals surface area contributed by atoms with E-state index in [9.17, 15) is 9.59 Å². The Morgan fingerprint density at radius 3 is 2.62 bits per heavy atom. The first-order chi connectivity index (χ1) is 6.11. The highest BCUT2D eigenvalue weighted by Crippen LogP contribution is 2.00. The molecule has 4 nitrogen and oxygen atoms in total. The highest BCUT2D eigenvalue weighted by atomic mass is 16.4. The van der Waals surface area contributed by atoms with Gasteiger partial charge in [-0.25, -0.2) is 0 Å². The molecule has 0 aliphatic rings. The lowest BCUT2D eigenvalue weighted by atomic mass is 10.1. The van der Waals surface area contributed by atoms with E-state index in [1.165, 1.54) is 6.08 Å². The summed E-state index contributed by atoms with van der Waals surface area (Å²) in [6.45, 7) is 5.38. The van der Waals surface area contributed by atoms with Crippen molar-refractivity contribution in [1.82, 2.24) is 5.32 Å². The Hall–Kier alpha value is -1.32. The standard InChI is InChI=1S/C9H15NO3/c1-3-5-8(11)10-6-7(4-2)9(12)13/h3,7H,1,4-6H2,2H3,(H,10,11)(H,12,13). The van der Waals surface area contributed by atoms with Gasteiger partial charge in [-0.1, -0.05) is 13.0 Å². The van der Waals surface area contributed by atoms with Crippen molar-refractivity contribution in [2.24, 2.45) is 5.92 Å². The highest BCUT2D eigenvalue weighted by molar-refractivity contribution is 5.78. The van der Waals surface area contributed by atoms with Crippen LogP contribution in [0.3, 0.4) is 0 Å². The molecule has 0 spiro atoms. The van der Waals surface area contributed by atoms with Crippen LogP contribution in [-0.2, 0) is 9.59 Å². The monoisotopic (exact) mass is 185 g/mol. The summed E-state index contributed by atoms with van der Waals surface area (Å²) < 4.78 is 0. The summed E-state index contributed by atoms with van der Waals surface area (Å²) in [5.74, 6) is -1.55. The van der Waals surface area contributed by atoms with Crippen molar-refractivity contribution < 1.29 is 14.7 Å². The first-order valence-corrected chi connectivity index (χ1v) is 4.22. The van der Waals surface area contributed by atoms with Gasteiger partial charge in [0, 0.05) is 13.0 Å². The fraction of sp³-hybridized carbons (Fsp3) is 0.556. The molecule has 0 heterocycles. The van der Waals surface area contributed by atoms with Gasteiger partial charge >= 0.3 is 5.97 Å². The van der Waals surface area contributed by atoms with Gasteiger partial charge in [-0.15, -0.1) is 6.58 Å². The van der Waals surface area contributed by atoms with Crippen LogP contribution in [-0.4, -0.2) is 23.5 Å². The molecule has 13 heavy (non-hydrogen) atoms. The largest absolute Gasteiger partial charge is 0.481 e. The van der Waals surface area contributed by atoms with Gasteiger partial charge in [0.05, 0.1) is 5.92 Å². The molecule has 1 atom stereocenters. The van der Waals surface area contributed by atoms with E-state index in [0.29, 0.717) is 6.42 Å². The first-order valence-electron chi connectivity index (χ1n) is 4.22. The molecule has 0 aromatic rings. The number of hydrogen-bond acceptors (Lipinski definition) is 2. The molecule has 74 valence electrons. The maximum absolute atomic E-state index is 10.9. The summed E-state index contributed by atoms with van der Waals surface area (Å²) in [5.41, 5.74) is 0. The Kier molecular flexibility index (Phi) is 5.59. The van der Waals surface area contributed by atoms with Crippen molar-refractivity contribution in [2.75, 3.05) is 6.54 Å². The van der Waals surface area contributed by atoms with Gasteiger partial charge in [0.2, 0.25) is 5.91 Å². The zero-order chi connectivity index (χ0) is 10.3. The van der Waals surface area contributed by atoms with Crippen molar-refractivity contribution in [3.05, 3.63) is 12.7 Å². The van der Waals surface area contributed by atoms with Crippen LogP contribution >= 0.6 is 0 Å². The number of carboxylic acids is 1. The van der Waals surface area contributed by atoms with Gasteiger partial charge in [0.15, 0.2) is 0 Å². The van der Waals surface area contributed by atoms with E-state index in [2.05, 4.69) is 11.9 Å². The van der Waals surface area contributed by atoms with Gasteiger partial charge < -0.3 is 10.4 Å². The number of carbonyl (C=O) groups is 2. The molecule has 0 bridgehead atoms. The maximum Gasteiger partial charge on any atom is 0.308 e. The minimum atomic E-state index is -0.874. The van der Waals surface area contributed by atoms with Crippen LogP contribution in [0.25, 0.3) is 0 Å². The summed E-state index contributed by atoms with van der Waals surface area (Å²) in [7, 11) is 0. The van der Waals surface area contributed by atoms with Crippen LogP contribution in [0.15, 0.2) is 12.7 Å². The Balaban J connectivity index is 3.78. The van der Waals surface area contributed by atoms with E-state index in [4.69, 9.17) is 5.11 Å². The minimum absolute atomic E-state index is 0.185. The van der Waals surface area contributed by atoms with Crippen molar-refractivity contribution in [3.8, 4) is 0 Å². The third kappa shape index (κ3) is 5.00. The number of hydrogen-bond donors (Lipinski definition) is 2. The van der Waals surface area contributed by atoms with Crippen molar-refractivity contribution in [3.63, 3.8) is 0 Å². The quantitative estimate of drug-likeness (QED) is 0.601. The molecular formula is C9H15NO3. The van der Waals surface area contributed by atoms with E-state index < -0.39 is 11.9 Å². The van der Waals surface area contributed by atoms with Crippen molar-refractivity contribution >= 4 is 11.9 Å². The van der Waals surface area contributed by atoms with Crippen molar-refractivity contribution in [1.29, 1.82) is 0 Å². The fourth-order valence-electron chi connectivity index (χ4n) is 0.847. The zero-order valence-corrected chi connectivity index (χ0v) is 7.75. The number of nitrogens with one attached hydrogen (secondary N) is 1. The molecule has 0 fully saturated rings. The number of carboxylic acid groups (broad SMARTS) is 1. The Morgan fingerprint density at radius 1 is 1.62 bits per heavy atom. The Labute approximate surface area is 77.6 Å². The second-order valence-corrected chi connectivity index (χ2v) is 2.74. The molecular weight excluding hydrogens is 170 g/mol. The second-order valence-electron chi connectivity index (χ2n) is 2.74. The van der Waals surface area contributed by atoms with Crippen LogP contribution in [0, 0.1) is 5.92 Å². The smallest absolute Gasteiger partial charge is 0.308 e. The van der Waals surface area contributed by atoms with Crippen molar-refractivity contribution in [2.45, 2.75) is 19.8 Å². The minimum Gasteiger partial charge on any atom is -0.481 e.